The molecule has 8 heteroatoms. The minimum atomic E-state index is -4.70. The molecule has 0 fully saturated rings. The quantitative estimate of drug-likeness (QED) is 0.720. The first-order valence-electron chi connectivity index (χ1n) is 7.26. The standard InChI is InChI=1S/C14H26F3NO3S/c1-7-8-10(12(19)21-9(2)3)11(14(15,16)17)18-22(20)13(4,5)6/h9-11,18H,7-8H2,1-6H3/t10-,11-,22-/m1/s1. The number of rotatable bonds is 7. The van der Waals surface area contributed by atoms with E-state index < -0.39 is 45.9 Å². The van der Waals surface area contributed by atoms with E-state index in [1.807, 2.05) is 0 Å². The van der Waals surface area contributed by atoms with Crippen LogP contribution < -0.4 is 4.72 Å². The van der Waals surface area contributed by atoms with Crippen LogP contribution in [0.1, 0.15) is 54.4 Å². The Labute approximate surface area is 132 Å². The zero-order valence-electron chi connectivity index (χ0n) is 13.9. The molecule has 0 aromatic rings. The average Bonchev–Trinajstić information content (AvgIpc) is 2.29. The Morgan fingerprint density at radius 2 is 1.73 bits per heavy atom. The molecule has 0 radical (unpaired) electrons. The molecule has 3 atom stereocenters. The Bertz CT molecular complexity index is 392. The van der Waals surface area contributed by atoms with E-state index in [2.05, 4.69) is 4.72 Å². The second-order valence-corrected chi connectivity index (χ2v) is 8.40. The molecular weight excluding hydrogens is 319 g/mol. The number of esters is 1. The first-order valence-corrected chi connectivity index (χ1v) is 8.41. The van der Waals surface area contributed by atoms with Gasteiger partial charge >= 0.3 is 12.1 Å². The van der Waals surface area contributed by atoms with Gasteiger partial charge in [0.25, 0.3) is 0 Å². The fourth-order valence-electron chi connectivity index (χ4n) is 1.72. The van der Waals surface area contributed by atoms with E-state index in [1.165, 1.54) is 0 Å². The molecule has 0 amide bonds. The van der Waals surface area contributed by atoms with Crippen LogP contribution in [0.4, 0.5) is 13.2 Å². The number of carbonyl (C=O) groups is 1. The predicted molar refractivity (Wildman–Crippen MR) is 80.5 cm³/mol. The Hall–Kier alpha value is -0.630. The van der Waals surface area contributed by atoms with Crippen LogP contribution in [-0.4, -0.2) is 33.2 Å². The van der Waals surface area contributed by atoms with Crippen LogP contribution in [0, 0.1) is 5.92 Å². The van der Waals surface area contributed by atoms with Gasteiger partial charge in [0.2, 0.25) is 0 Å². The monoisotopic (exact) mass is 345 g/mol. The summed E-state index contributed by atoms with van der Waals surface area (Å²) >= 11 is 0. The summed E-state index contributed by atoms with van der Waals surface area (Å²) in [6.07, 6.45) is -4.82. The Kier molecular flexibility index (Phi) is 8.05. The fraction of sp³-hybridized carbons (Fsp3) is 0.929. The number of hydrogen-bond donors (Lipinski definition) is 1. The van der Waals surface area contributed by atoms with E-state index in [0.29, 0.717) is 6.42 Å². The molecule has 0 aliphatic carbocycles. The molecule has 1 N–H and O–H groups in total. The van der Waals surface area contributed by atoms with E-state index in [0.717, 1.165) is 0 Å². The molecule has 0 bridgehead atoms. The summed E-state index contributed by atoms with van der Waals surface area (Å²) in [5.74, 6) is -2.34. The normalized spacial score (nSPS) is 17.2. The third-order valence-corrected chi connectivity index (χ3v) is 4.38. The number of alkyl halides is 3. The minimum Gasteiger partial charge on any atom is -0.463 e. The third-order valence-electron chi connectivity index (χ3n) is 2.80. The fourth-order valence-corrected chi connectivity index (χ4v) is 2.60. The zero-order valence-corrected chi connectivity index (χ0v) is 14.7. The van der Waals surface area contributed by atoms with Crippen LogP contribution in [0.2, 0.25) is 0 Å². The van der Waals surface area contributed by atoms with Crippen molar-refractivity contribution in [1.82, 2.24) is 4.72 Å². The molecule has 0 spiro atoms. The van der Waals surface area contributed by atoms with Crippen LogP contribution in [0.5, 0.6) is 0 Å². The highest BCUT2D eigenvalue weighted by atomic mass is 32.2. The highest BCUT2D eigenvalue weighted by Crippen LogP contribution is 2.30. The van der Waals surface area contributed by atoms with Gasteiger partial charge in [-0.1, -0.05) is 13.3 Å². The van der Waals surface area contributed by atoms with Gasteiger partial charge in [-0.3, -0.25) is 4.79 Å². The Morgan fingerprint density at radius 1 is 1.23 bits per heavy atom. The van der Waals surface area contributed by atoms with Crippen molar-refractivity contribution in [3.8, 4) is 0 Å². The second kappa shape index (κ2) is 8.29. The molecule has 0 aromatic heterocycles. The molecule has 4 nitrogen and oxygen atoms in total. The van der Waals surface area contributed by atoms with E-state index in [1.54, 1.807) is 41.5 Å². The van der Waals surface area contributed by atoms with Crippen molar-refractivity contribution in [2.24, 2.45) is 5.92 Å². The molecule has 0 aliphatic rings. The summed E-state index contributed by atoms with van der Waals surface area (Å²) in [6, 6.07) is -2.20. The molecule has 0 saturated heterocycles. The van der Waals surface area contributed by atoms with Gasteiger partial charge in [0, 0.05) is 0 Å². The molecule has 0 saturated carbocycles. The summed E-state index contributed by atoms with van der Waals surface area (Å²) < 4.78 is 58.2. The second-order valence-electron chi connectivity index (χ2n) is 6.40. The van der Waals surface area contributed by atoms with Crippen molar-refractivity contribution in [2.45, 2.75) is 77.5 Å². The van der Waals surface area contributed by atoms with Crippen LogP contribution in [0.15, 0.2) is 0 Å². The molecule has 0 aliphatic heterocycles. The first kappa shape index (κ1) is 21.4. The van der Waals surface area contributed by atoms with Crippen molar-refractivity contribution in [1.29, 1.82) is 0 Å². The summed E-state index contributed by atoms with van der Waals surface area (Å²) in [6.45, 7) is 9.51. The van der Waals surface area contributed by atoms with Gasteiger partial charge in [-0.25, -0.2) is 8.93 Å². The van der Waals surface area contributed by atoms with Crippen LogP contribution in [0.25, 0.3) is 0 Å². The van der Waals surface area contributed by atoms with Crippen molar-refractivity contribution >= 4 is 17.0 Å². The minimum absolute atomic E-state index is 0.00404. The van der Waals surface area contributed by atoms with E-state index >= 15 is 0 Å². The zero-order chi connectivity index (χ0) is 17.7. The predicted octanol–water partition coefficient (Wildman–Crippen LogP) is 3.34. The van der Waals surface area contributed by atoms with Crippen molar-refractivity contribution in [3.63, 3.8) is 0 Å². The number of carbonyl (C=O) groups excluding carboxylic acids is 1. The van der Waals surface area contributed by atoms with Crippen molar-refractivity contribution in [3.05, 3.63) is 0 Å². The maximum absolute atomic E-state index is 13.3. The maximum atomic E-state index is 13.3. The van der Waals surface area contributed by atoms with Gasteiger partial charge in [0.1, 0.15) is 6.04 Å². The SMILES string of the molecule is CCC[C@@H](C(=O)OC(C)C)[C@@H](N[S@](=O)C(C)(C)C)C(F)(F)F. The van der Waals surface area contributed by atoms with Gasteiger partial charge in [-0.05, 0) is 41.0 Å². The number of ether oxygens (including phenoxy) is 1. The topological polar surface area (TPSA) is 55.4 Å². The smallest absolute Gasteiger partial charge is 0.405 e. The van der Waals surface area contributed by atoms with Crippen LogP contribution in [0.3, 0.4) is 0 Å². The van der Waals surface area contributed by atoms with Crippen molar-refractivity contribution in [2.75, 3.05) is 0 Å². The lowest BCUT2D eigenvalue weighted by atomic mass is 9.95. The van der Waals surface area contributed by atoms with E-state index in [-0.39, 0.29) is 6.42 Å². The molecule has 0 heterocycles. The van der Waals surface area contributed by atoms with E-state index in [9.17, 15) is 22.2 Å². The number of hydrogen-bond acceptors (Lipinski definition) is 3. The van der Waals surface area contributed by atoms with Gasteiger partial charge < -0.3 is 4.74 Å². The maximum Gasteiger partial charge on any atom is 0.405 e. The van der Waals surface area contributed by atoms with Crippen LogP contribution >= 0.6 is 0 Å². The molecule has 0 aromatic carbocycles. The third kappa shape index (κ3) is 7.09. The number of nitrogens with one attached hydrogen (secondary N) is 1. The summed E-state index contributed by atoms with van der Waals surface area (Å²) in [7, 11) is -1.95. The molecule has 22 heavy (non-hydrogen) atoms. The lowest BCUT2D eigenvalue weighted by Crippen LogP contribution is -2.53. The lowest BCUT2D eigenvalue weighted by molar-refractivity contribution is -0.181. The summed E-state index contributed by atoms with van der Waals surface area (Å²) in [5.41, 5.74) is 0. The average molecular weight is 345 g/mol. The van der Waals surface area contributed by atoms with Crippen molar-refractivity contribution < 1.29 is 26.9 Å². The number of halogens is 3. The summed E-state index contributed by atoms with van der Waals surface area (Å²) in [4.78, 5) is 12.0. The molecule has 0 rings (SSSR count). The highest BCUT2D eigenvalue weighted by molar-refractivity contribution is 7.84. The molecular formula is C14H26F3NO3S. The van der Waals surface area contributed by atoms with Gasteiger partial charge in [0.05, 0.1) is 27.8 Å². The van der Waals surface area contributed by atoms with Gasteiger partial charge in [0.15, 0.2) is 0 Å². The molecule has 132 valence electrons. The van der Waals surface area contributed by atoms with Gasteiger partial charge in [-0.2, -0.15) is 13.2 Å². The van der Waals surface area contributed by atoms with E-state index in [4.69, 9.17) is 4.74 Å². The lowest BCUT2D eigenvalue weighted by Gasteiger charge is -2.31. The van der Waals surface area contributed by atoms with Crippen LogP contribution in [-0.2, 0) is 20.5 Å². The highest BCUT2D eigenvalue weighted by Gasteiger charge is 2.49. The van der Waals surface area contributed by atoms with Gasteiger partial charge in [-0.15, -0.1) is 0 Å². The summed E-state index contributed by atoms with van der Waals surface area (Å²) in [5, 5.41) is 0. The largest absolute Gasteiger partial charge is 0.463 e. The Balaban J connectivity index is 5.42. The Morgan fingerprint density at radius 3 is 2.05 bits per heavy atom. The molecule has 0 unspecified atom stereocenters. The first-order chi connectivity index (χ1) is 9.80.